The van der Waals surface area contributed by atoms with Crippen molar-refractivity contribution in [1.29, 1.82) is 0 Å². The molecule has 3 N–H and O–H groups in total. The van der Waals surface area contributed by atoms with Crippen LogP contribution in [0.15, 0.2) is 48.8 Å². The molecule has 1 atom stereocenters. The second-order valence-electron chi connectivity index (χ2n) is 5.38. The van der Waals surface area contributed by atoms with E-state index in [0.717, 1.165) is 5.56 Å². The smallest absolute Gasteiger partial charge is 0.252 e. The van der Waals surface area contributed by atoms with Crippen molar-refractivity contribution in [3.05, 3.63) is 65.5 Å². The Bertz CT molecular complexity index is 579. The van der Waals surface area contributed by atoms with E-state index in [-0.39, 0.29) is 11.9 Å². The number of carbonyl (C=O) groups is 1. The second-order valence-corrected chi connectivity index (χ2v) is 5.38. The number of hydrogen-bond acceptors (Lipinski definition) is 3. The van der Waals surface area contributed by atoms with Gasteiger partial charge in [-0.1, -0.05) is 38.1 Å². The summed E-state index contributed by atoms with van der Waals surface area (Å²) in [7, 11) is 0. The van der Waals surface area contributed by atoms with Gasteiger partial charge >= 0.3 is 0 Å². The van der Waals surface area contributed by atoms with E-state index >= 15 is 0 Å². The third-order valence-electron chi connectivity index (χ3n) is 3.44. The molecule has 0 aliphatic carbocycles. The van der Waals surface area contributed by atoms with Crippen LogP contribution in [0.2, 0.25) is 0 Å². The van der Waals surface area contributed by atoms with E-state index in [2.05, 4.69) is 36.3 Å². The summed E-state index contributed by atoms with van der Waals surface area (Å²) in [6.07, 6.45) is 3.18. The number of rotatable bonds is 5. The largest absolute Gasteiger partial charge is 0.350 e. The van der Waals surface area contributed by atoms with Crippen molar-refractivity contribution in [3.63, 3.8) is 0 Å². The van der Waals surface area contributed by atoms with Crippen LogP contribution >= 0.6 is 0 Å². The van der Waals surface area contributed by atoms with Crippen LogP contribution < -0.4 is 11.1 Å². The summed E-state index contributed by atoms with van der Waals surface area (Å²) in [5.41, 5.74) is 8.96. The molecule has 0 fully saturated rings. The molecule has 1 aromatic carbocycles. The normalized spacial score (nSPS) is 12.2. The molecule has 21 heavy (non-hydrogen) atoms. The quantitative estimate of drug-likeness (QED) is 0.886. The van der Waals surface area contributed by atoms with Crippen LogP contribution in [0.1, 0.15) is 47.3 Å². The van der Waals surface area contributed by atoms with Gasteiger partial charge in [-0.15, -0.1) is 0 Å². The number of benzene rings is 1. The lowest BCUT2D eigenvalue weighted by Gasteiger charge is -2.14. The average molecular weight is 283 g/mol. The fourth-order valence-electron chi connectivity index (χ4n) is 2.05. The molecule has 0 aliphatic heterocycles. The third kappa shape index (κ3) is 4.13. The van der Waals surface area contributed by atoms with Crippen molar-refractivity contribution < 1.29 is 4.79 Å². The number of amides is 1. The fourth-order valence-corrected chi connectivity index (χ4v) is 2.05. The number of nitrogens with zero attached hydrogens (tertiary/aromatic N) is 1. The molecule has 1 heterocycles. The predicted molar refractivity (Wildman–Crippen MR) is 84.0 cm³/mol. The molecule has 0 aliphatic rings. The lowest BCUT2D eigenvalue weighted by molar-refractivity contribution is 0.0951. The van der Waals surface area contributed by atoms with Crippen molar-refractivity contribution in [2.45, 2.75) is 25.8 Å². The Kier molecular flexibility index (Phi) is 5.06. The van der Waals surface area contributed by atoms with Crippen molar-refractivity contribution in [2.24, 2.45) is 5.73 Å². The van der Waals surface area contributed by atoms with Crippen molar-refractivity contribution in [1.82, 2.24) is 10.3 Å². The minimum atomic E-state index is -0.216. The van der Waals surface area contributed by atoms with Crippen LogP contribution in [0, 0.1) is 0 Å². The van der Waals surface area contributed by atoms with Crippen LogP contribution in [0.25, 0.3) is 0 Å². The van der Waals surface area contributed by atoms with Gasteiger partial charge in [0.25, 0.3) is 5.91 Å². The minimum Gasteiger partial charge on any atom is -0.350 e. The first-order valence-electron chi connectivity index (χ1n) is 7.11. The molecule has 0 bridgehead atoms. The number of carbonyl (C=O) groups excluding carboxylic acids is 1. The lowest BCUT2D eigenvalue weighted by atomic mass is 9.99. The highest BCUT2D eigenvalue weighted by Crippen LogP contribution is 2.17. The molecule has 0 spiro atoms. The summed E-state index contributed by atoms with van der Waals surface area (Å²) in [4.78, 5) is 15.8. The SMILES string of the molecule is CC(C)c1ccc(C(N)CNC(=O)c2cccnc2)cc1. The Hall–Kier alpha value is -2.20. The Labute approximate surface area is 125 Å². The maximum absolute atomic E-state index is 11.9. The maximum atomic E-state index is 11.9. The van der Waals surface area contributed by atoms with Crippen molar-refractivity contribution in [3.8, 4) is 0 Å². The van der Waals surface area contributed by atoms with E-state index < -0.39 is 0 Å². The average Bonchev–Trinajstić information content (AvgIpc) is 2.53. The molecule has 4 nitrogen and oxygen atoms in total. The van der Waals surface area contributed by atoms with E-state index in [1.807, 2.05) is 12.1 Å². The molecule has 2 aromatic rings. The highest BCUT2D eigenvalue weighted by atomic mass is 16.1. The molecule has 110 valence electrons. The molecule has 4 heteroatoms. The highest BCUT2D eigenvalue weighted by molar-refractivity contribution is 5.93. The number of aromatic nitrogens is 1. The van der Waals surface area contributed by atoms with E-state index in [9.17, 15) is 4.79 Å². The van der Waals surface area contributed by atoms with Gasteiger partial charge in [0.15, 0.2) is 0 Å². The fraction of sp³-hybridized carbons (Fsp3) is 0.294. The third-order valence-corrected chi connectivity index (χ3v) is 3.44. The Morgan fingerprint density at radius 2 is 1.86 bits per heavy atom. The molecular weight excluding hydrogens is 262 g/mol. The van der Waals surface area contributed by atoms with Crippen LogP contribution in [0.3, 0.4) is 0 Å². The summed E-state index contributed by atoms with van der Waals surface area (Å²) in [6, 6.07) is 11.5. The van der Waals surface area contributed by atoms with Gasteiger partial charge in [0.05, 0.1) is 5.56 Å². The van der Waals surface area contributed by atoms with Gasteiger partial charge < -0.3 is 11.1 Å². The van der Waals surface area contributed by atoms with Crippen LogP contribution in [0.5, 0.6) is 0 Å². The minimum absolute atomic E-state index is 0.155. The van der Waals surface area contributed by atoms with E-state index in [4.69, 9.17) is 5.73 Å². The van der Waals surface area contributed by atoms with E-state index in [1.54, 1.807) is 18.3 Å². The second kappa shape index (κ2) is 6.99. The summed E-state index contributed by atoms with van der Waals surface area (Å²) in [5.74, 6) is 0.345. The van der Waals surface area contributed by atoms with Gasteiger partial charge in [0.2, 0.25) is 0 Å². The molecular formula is C17H21N3O. The lowest BCUT2D eigenvalue weighted by Crippen LogP contribution is -2.31. The number of nitrogens with one attached hydrogen (secondary N) is 1. The first kappa shape index (κ1) is 15.2. The summed E-state index contributed by atoms with van der Waals surface area (Å²) in [5, 5.41) is 2.83. The van der Waals surface area contributed by atoms with Gasteiger partial charge in [0, 0.05) is 25.0 Å². The van der Waals surface area contributed by atoms with Crippen LogP contribution in [-0.2, 0) is 0 Å². The first-order chi connectivity index (χ1) is 10.1. The summed E-state index contributed by atoms with van der Waals surface area (Å²) >= 11 is 0. The predicted octanol–water partition coefficient (Wildman–Crippen LogP) is 2.63. The molecule has 0 radical (unpaired) electrons. The van der Waals surface area contributed by atoms with Gasteiger partial charge in [0.1, 0.15) is 0 Å². The standard InChI is InChI=1S/C17H21N3O/c1-12(2)13-5-7-14(8-6-13)16(18)11-20-17(21)15-4-3-9-19-10-15/h3-10,12,16H,11,18H2,1-2H3,(H,20,21). The Morgan fingerprint density at radius 1 is 1.19 bits per heavy atom. The summed E-state index contributed by atoms with van der Waals surface area (Å²) < 4.78 is 0. The first-order valence-corrected chi connectivity index (χ1v) is 7.11. The molecule has 1 aromatic heterocycles. The Balaban J connectivity index is 1.92. The highest BCUT2D eigenvalue weighted by Gasteiger charge is 2.10. The monoisotopic (exact) mass is 283 g/mol. The van der Waals surface area contributed by atoms with Gasteiger partial charge in [-0.2, -0.15) is 0 Å². The molecule has 0 saturated heterocycles. The number of hydrogen-bond donors (Lipinski definition) is 2. The van der Waals surface area contributed by atoms with Gasteiger partial charge in [-0.25, -0.2) is 0 Å². The Morgan fingerprint density at radius 3 is 2.43 bits per heavy atom. The zero-order valence-corrected chi connectivity index (χ0v) is 12.4. The van der Waals surface area contributed by atoms with E-state index in [0.29, 0.717) is 18.0 Å². The van der Waals surface area contributed by atoms with Crippen molar-refractivity contribution in [2.75, 3.05) is 6.54 Å². The molecule has 0 saturated carbocycles. The summed E-state index contributed by atoms with van der Waals surface area (Å²) in [6.45, 7) is 4.71. The zero-order chi connectivity index (χ0) is 15.2. The van der Waals surface area contributed by atoms with Gasteiger partial charge in [-0.05, 0) is 29.2 Å². The maximum Gasteiger partial charge on any atom is 0.252 e. The zero-order valence-electron chi connectivity index (χ0n) is 12.4. The molecule has 2 rings (SSSR count). The van der Waals surface area contributed by atoms with Crippen molar-refractivity contribution >= 4 is 5.91 Å². The number of pyridine rings is 1. The molecule has 1 amide bonds. The number of nitrogens with two attached hydrogens (primary N) is 1. The van der Waals surface area contributed by atoms with Crippen LogP contribution in [-0.4, -0.2) is 17.4 Å². The van der Waals surface area contributed by atoms with Crippen LogP contribution in [0.4, 0.5) is 0 Å². The molecule has 1 unspecified atom stereocenters. The topological polar surface area (TPSA) is 68.0 Å². The van der Waals surface area contributed by atoms with Gasteiger partial charge in [-0.3, -0.25) is 9.78 Å². The van der Waals surface area contributed by atoms with E-state index in [1.165, 1.54) is 11.8 Å².